The van der Waals surface area contributed by atoms with Crippen LogP contribution in [0.5, 0.6) is 0 Å². The van der Waals surface area contributed by atoms with Gasteiger partial charge in [-0.1, -0.05) is 0 Å². The molecule has 0 fully saturated rings. The third-order valence-corrected chi connectivity index (χ3v) is 3.58. The van der Waals surface area contributed by atoms with Crippen molar-refractivity contribution in [3.05, 3.63) is 42.1 Å². The predicted octanol–water partition coefficient (Wildman–Crippen LogP) is 2.73. The molecular formula is C18H30IN5O2. The van der Waals surface area contributed by atoms with Crippen LogP contribution in [0.4, 0.5) is 0 Å². The lowest BCUT2D eigenvalue weighted by Gasteiger charge is -2.11. The summed E-state index contributed by atoms with van der Waals surface area (Å²) in [6.45, 7) is 5.75. The lowest BCUT2D eigenvalue weighted by molar-refractivity contribution is 0.105. The van der Waals surface area contributed by atoms with Crippen LogP contribution in [0, 0.1) is 0 Å². The van der Waals surface area contributed by atoms with Crippen LogP contribution in [0.1, 0.15) is 31.1 Å². The molecule has 0 aliphatic rings. The number of guanidine groups is 1. The van der Waals surface area contributed by atoms with Gasteiger partial charge >= 0.3 is 0 Å². The van der Waals surface area contributed by atoms with Gasteiger partial charge in [-0.05, 0) is 43.9 Å². The Labute approximate surface area is 172 Å². The number of aliphatic imine (C=N–C) groups is 1. The fraction of sp³-hybridized carbons (Fsp3) is 0.556. The van der Waals surface area contributed by atoms with E-state index >= 15 is 0 Å². The third-order valence-electron chi connectivity index (χ3n) is 3.58. The number of hydrogen-bond acceptors (Lipinski definition) is 4. The van der Waals surface area contributed by atoms with Crippen LogP contribution >= 0.6 is 24.0 Å². The summed E-state index contributed by atoms with van der Waals surface area (Å²) in [6, 6.07) is 3.79. The summed E-state index contributed by atoms with van der Waals surface area (Å²) in [5.74, 6) is 1.72. The van der Waals surface area contributed by atoms with Crippen molar-refractivity contribution in [2.24, 2.45) is 12.0 Å². The van der Waals surface area contributed by atoms with E-state index in [2.05, 4.69) is 33.8 Å². The molecule has 2 rings (SSSR count). The molecule has 7 nitrogen and oxygen atoms in total. The Hall–Kier alpha value is -1.55. The quantitative estimate of drug-likeness (QED) is 0.226. The molecule has 0 atom stereocenters. The van der Waals surface area contributed by atoms with E-state index in [1.807, 2.05) is 30.1 Å². The second-order valence-corrected chi connectivity index (χ2v) is 5.80. The fourth-order valence-electron chi connectivity index (χ4n) is 2.37. The molecule has 2 heterocycles. The molecule has 2 aromatic heterocycles. The highest BCUT2D eigenvalue weighted by Crippen LogP contribution is 2.02. The van der Waals surface area contributed by atoms with E-state index < -0.39 is 0 Å². The van der Waals surface area contributed by atoms with E-state index in [1.165, 1.54) is 5.56 Å². The molecule has 8 heteroatoms. The van der Waals surface area contributed by atoms with Gasteiger partial charge in [-0.3, -0.25) is 9.67 Å². The molecule has 26 heavy (non-hydrogen) atoms. The minimum absolute atomic E-state index is 0. The average molecular weight is 475 g/mol. The van der Waals surface area contributed by atoms with Crippen LogP contribution in [0.15, 0.2) is 40.2 Å². The number of ether oxygens (including phenoxy) is 1. The molecule has 0 aromatic carbocycles. The second kappa shape index (κ2) is 13.6. The Morgan fingerprint density at radius 2 is 2.23 bits per heavy atom. The first kappa shape index (κ1) is 22.5. The maximum absolute atomic E-state index is 5.57. The maximum atomic E-state index is 5.57. The van der Waals surface area contributed by atoms with Crippen molar-refractivity contribution in [3.63, 3.8) is 0 Å². The molecule has 146 valence electrons. The zero-order valence-electron chi connectivity index (χ0n) is 15.6. The number of halogens is 1. The van der Waals surface area contributed by atoms with Crippen LogP contribution in [-0.2, 0) is 24.8 Å². The van der Waals surface area contributed by atoms with Crippen molar-refractivity contribution in [2.45, 2.75) is 32.8 Å². The van der Waals surface area contributed by atoms with E-state index in [9.17, 15) is 0 Å². The smallest absolute Gasteiger partial charge is 0.191 e. The molecule has 0 amide bonds. The average Bonchev–Trinajstić information content (AvgIpc) is 3.26. The Bertz CT molecular complexity index is 613. The highest BCUT2D eigenvalue weighted by atomic mass is 127. The van der Waals surface area contributed by atoms with Crippen LogP contribution < -0.4 is 10.6 Å². The van der Waals surface area contributed by atoms with E-state index in [-0.39, 0.29) is 24.0 Å². The topological polar surface area (TPSA) is 76.6 Å². The molecule has 0 saturated heterocycles. The molecule has 0 bridgehead atoms. The van der Waals surface area contributed by atoms with Crippen molar-refractivity contribution < 1.29 is 9.15 Å². The molecule has 2 aromatic rings. The Kier molecular flexibility index (Phi) is 11.8. The molecule has 0 spiro atoms. The molecule has 0 aliphatic heterocycles. The zero-order valence-corrected chi connectivity index (χ0v) is 17.9. The van der Waals surface area contributed by atoms with Crippen molar-refractivity contribution >= 4 is 29.9 Å². The number of furan rings is 1. The van der Waals surface area contributed by atoms with Gasteiger partial charge in [0, 0.05) is 39.5 Å². The number of aromatic nitrogens is 2. The highest BCUT2D eigenvalue weighted by molar-refractivity contribution is 14.0. The van der Waals surface area contributed by atoms with Crippen LogP contribution in [0.25, 0.3) is 0 Å². The van der Waals surface area contributed by atoms with Gasteiger partial charge in [0.1, 0.15) is 12.4 Å². The number of aryl methyl sites for hydroxylation is 2. The molecule has 2 N–H and O–H groups in total. The van der Waals surface area contributed by atoms with Gasteiger partial charge in [-0.15, -0.1) is 24.0 Å². The zero-order chi connectivity index (χ0) is 17.7. The lowest BCUT2D eigenvalue weighted by atomic mass is 10.2. The minimum atomic E-state index is 0. The second-order valence-electron chi connectivity index (χ2n) is 5.80. The number of hydrogen-bond donors (Lipinski definition) is 2. The summed E-state index contributed by atoms with van der Waals surface area (Å²) in [4.78, 5) is 4.61. The number of rotatable bonds is 11. The first-order chi connectivity index (χ1) is 12.3. The van der Waals surface area contributed by atoms with E-state index in [4.69, 9.17) is 9.15 Å². The SMILES string of the molecule is CCNC(=NCCCc1cnn(C)c1)NCCCOCc1ccco1.I. The van der Waals surface area contributed by atoms with Crippen LogP contribution in [0.3, 0.4) is 0 Å². The molecule has 0 aliphatic carbocycles. The lowest BCUT2D eigenvalue weighted by Crippen LogP contribution is -2.38. The molecule has 0 radical (unpaired) electrons. The Balaban J connectivity index is 0.00000338. The monoisotopic (exact) mass is 475 g/mol. The molecular weight excluding hydrogens is 445 g/mol. The largest absolute Gasteiger partial charge is 0.467 e. The summed E-state index contributed by atoms with van der Waals surface area (Å²) in [6.07, 6.45) is 8.55. The minimum Gasteiger partial charge on any atom is -0.467 e. The summed E-state index contributed by atoms with van der Waals surface area (Å²) in [5.41, 5.74) is 1.25. The van der Waals surface area contributed by atoms with E-state index in [1.54, 1.807) is 6.26 Å². The van der Waals surface area contributed by atoms with Crippen molar-refractivity contribution in [2.75, 3.05) is 26.2 Å². The third kappa shape index (κ3) is 9.23. The first-order valence-electron chi connectivity index (χ1n) is 8.87. The molecule has 0 saturated carbocycles. The fourth-order valence-corrected chi connectivity index (χ4v) is 2.37. The van der Waals surface area contributed by atoms with Gasteiger partial charge in [-0.2, -0.15) is 5.10 Å². The van der Waals surface area contributed by atoms with Gasteiger partial charge in [0.05, 0.1) is 12.5 Å². The van der Waals surface area contributed by atoms with Gasteiger partial charge in [-0.25, -0.2) is 0 Å². The van der Waals surface area contributed by atoms with Crippen molar-refractivity contribution in [3.8, 4) is 0 Å². The standard InChI is InChI=1S/C18H29N5O2.HI/c1-3-19-18(20-9-4-7-16-13-22-23(2)14-16)21-10-6-11-24-15-17-8-5-12-25-17;/h5,8,12-14H,3-4,6-7,9-11,15H2,1-2H3,(H2,19,20,21);1H. The first-order valence-corrected chi connectivity index (χ1v) is 8.87. The number of nitrogens with one attached hydrogen (secondary N) is 2. The van der Waals surface area contributed by atoms with Crippen LogP contribution in [0.2, 0.25) is 0 Å². The number of nitrogens with zero attached hydrogens (tertiary/aromatic N) is 3. The summed E-state index contributed by atoms with van der Waals surface area (Å²) in [5, 5.41) is 10.8. The van der Waals surface area contributed by atoms with Crippen LogP contribution in [-0.4, -0.2) is 42.0 Å². The predicted molar refractivity (Wildman–Crippen MR) is 114 cm³/mol. The maximum Gasteiger partial charge on any atom is 0.191 e. The normalized spacial score (nSPS) is 11.2. The summed E-state index contributed by atoms with van der Waals surface area (Å²) < 4.78 is 12.6. The van der Waals surface area contributed by atoms with Crippen molar-refractivity contribution in [1.29, 1.82) is 0 Å². The summed E-state index contributed by atoms with van der Waals surface area (Å²) >= 11 is 0. The van der Waals surface area contributed by atoms with E-state index in [0.717, 1.165) is 50.6 Å². The van der Waals surface area contributed by atoms with E-state index in [0.29, 0.717) is 13.2 Å². The van der Waals surface area contributed by atoms with Gasteiger partial charge in [0.25, 0.3) is 0 Å². The van der Waals surface area contributed by atoms with Gasteiger partial charge in [0.15, 0.2) is 5.96 Å². The Morgan fingerprint density at radius 1 is 1.35 bits per heavy atom. The van der Waals surface area contributed by atoms with Gasteiger partial charge in [0.2, 0.25) is 0 Å². The molecule has 0 unspecified atom stereocenters. The summed E-state index contributed by atoms with van der Waals surface area (Å²) in [7, 11) is 1.94. The highest BCUT2D eigenvalue weighted by Gasteiger charge is 1.99. The van der Waals surface area contributed by atoms with Crippen molar-refractivity contribution in [1.82, 2.24) is 20.4 Å². The Morgan fingerprint density at radius 3 is 2.92 bits per heavy atom. The van der Waals surface area contributed by atoms with Gasteiger partial charge < -0.3 is 19.8 Å².